The van der Waals surface area contributed by atoms with Gasteiger partial charge >= 0.3 is 0 Å². The molecule has 0 saturated heterocycles. The zero-order valence-electron chi connectivity index (χ0n) is 15.2. The van der Waals surface area contributed by atoms with Crippen molar-refractivity contribution in [3.8, 4) is 11.5 Å². The first-order valence-electron chi connectivity index (χ1n) is 8.78. The SMILES string of the molecule is CN(C[C@H]1COc2ccccc2O1)C(=O)Cn1cnc2ccc(Br)cc2c1=O. The molecule has 8 heteroatoms. The molecule has 1 aromatic heterocycles. The molecule has 1 atom stereocenters. The van der Waals surface area contributed by atoms with Crippen molar-refractivity contribution >= 4 is 32.7 Å². The van der Waals surface area contributed by atoms with Gasteiger partial charge in [0.05, 0.1) is 23.8 Å². The maximum atomic E-state index is 12.7. The molecule has 7 nitrogen and oxygen atoms in total. The molecule has 0 radical (unpaired) electrons. The molecule has 1 aliphatic rings. The van der Waals surface area contributed by atoms with Gasteiger partial charge in [-0.3, -0.25) is 14.2 Å². The van der Waals surface area contributed by atoms with Gasteiger partial charge in [0.15, 0.2) is 17.6 Å². The standard InChI is InChI=1S/C20H18BrN3O4/c1-23(9-14-11-27-17-4-2-3-5-18(17)28-14)19(25)10-24-12-22-16-7-6-13(21)8-15(16)20(24)26/h2-8,12,14H,9-11H2,1H3/t14-/m0/s1. The predicted molar refractivity (Wildman–Crippen MR) is 108 cm³/mol. The van der Waals surface area contributed by atoms with Gasteiger partial charge in [-0.05, 0) is 30.3 Å². The summed E-state index contributed by atoms with van der Waals surface area (Å²) in [5, 5.41) is 0.466. The van der Waals surface area contributed by atoms with Crippen molar-refractivity contribution in [1.82, 2.24) is 14.5 Å². The quantitative estimate of drug-likeness (QED) is 0.618. The number of hydrogen-bond donors (Lipinski definition) is 0. The molecule has 0 aliphatic carbocycles. The van der Waals surface area contributed by atoms with E-state index in [4.69, 9.17) is 9.47 Å². The van der Waals surface area contributed by atoms with Crippen molar-refractivity contribution in [2.24, 2.45) is 0 Å². The average molecular weight is 444 g/mol. The lowest BCUT2D eigenvalue weighted by atomic mass is 10.2. The molecular weight excluding hydrogens is 426 g/mol. The molecule has 0 fully saturated rings. The van der Waals surface area contributed by atoms with Crippen LogP contribution in [0, 0.1) is 0 Å². The summed E-state index contributed by atoms with van der Waals surface area (Å²) in [5.74, 6) is 1.16. The third-order valence-corrected chi connectivity index (χ3v) is 5.06. The fourth-order valence-electron chi connectivity index (χ4n) is 3.07. The molecule has 2 aromatic carbocycles. The second-order valence-corrected chi connectivity index (χ2v) is 7.53. The molecule has 1 amide bonds. The third kappa shape index (κ3) is 3.73. The molecular formula is C20H18BrN3O4. The maximum Gasteiger partial charge on any atom is 0.261 e. The summed E-state index contributed by atoms with van der Waals surface area (Å²) in [6.45, 7) is 0.629. The Morgan fingerprint density at radius 1 is 1.29 bits per heavy atom. The van der Waals surface area contributed by atoms with Crippen LogP contribution in [-0.4, -0.2) is 46.7 Å². The average Bonchev–Trinajstić information content (AvgIpc) is 2.70. The third-order valence-electron chi connectivity index (χ3n) is 4.56. The molecule has 3 aromatic rings. The summed E-state index contributed by atoms with van der Waals surface area (Å²) in [7, 11) is 1.68. The number of amides is 1. The van der Waals surface area contributed by atoms with Gasteiger partial charge in [-0.1, -0.05) is 28.1 Å². The predicted octanol–water partition coefficient (Wildman–Crippen LogP) is 2.46. The molecule has 2 heterocycles. The number of benzene rings is 2. The lowest BCUT2D eigenvalue weighted by Crippen LogP contribution is -2.43. The Morgan fingerprint density at radius 3 is 2.89 bits per heavy atom. The Bertz CT molecular complexity index is 1100. The van der Waals surface area contributed by atoms with E-state index in [1.807, 2.05) is 30.3 Å². The van der Waals surface area contributed by atoms with Crippen LogP contribution in [0.2, 0.25) is 0 Å². The summed E-state index contributed by atoms with van der Waals surface area (Å²) >= 11 is 3.36. The first kappa shape index (κ1) is 18.5. The topological polar surface area (TPSA) is 73.7 Å². The Labute approximate surface area is 169 Å². The van der Waals surface area contributed by atoms with Crippen molar-refractivity contribution in [1.29, 1.82) is 0 Å². The zero-order chi connectivity index (χ0) is 19.7. The Morgan fingerprint density at radius 2 is 2.07 bits per heavy atom. The summed E-state index contributed by atoms with van der Waals surface area (Å²) in [5.41, 5.74) is 0.343. The summed E-state index contributed by atoms with van der Waals surface area (Å²) in [6, 6.07) is 12.7. The van der Waals surface area contributed by atoms with Gasteiger partial charge in [0, 0.05) is 11.5 Å². The van der Waals surface area contributed by atoms with Crippen LogP contribution < -0.4 is 15.0 Å². The fraction of sp³-hybridized carbons (Fsp3) is 0.250. The van der Waals surface area contributed by atoms with Crippen LogP contribution in [0.25, 0.3) is 10.9 Å². The van der Waals surface area contributed by atoms with E-state index in [9.17, 15) is 9.59 Å². The van der Waals surface area contributed by atoms with E-state index in [1.165, 1.54) is 10.9 Å². The molecule has 0 N–H and O–H groups in total. The van der Waals surface area contributed by atoms with E-state index in [0.717, 1.165) is 4.47 Å². The molecule has 0 bridgehead atoms. The van der Waals surface area contributed by atoms with Crippen molar-refractivity contribution in [2.75, 3.05) is 20.2 Å². The molecule has 1 aliphatic heterocycles. The van der Waals surface area contributed by atoms with Crippen molar-refractivity contribution in [2.45, 2.75) is 12.6 Å². The van der Waals surface area contributed by atoms with Crippen LogP contribution in [0.3, 0.4) is 0 Å². The second kappa shape index (κ2) is 7.63. The molecule has 0 spiro atoms. The van der Waals surface area contributed by atoms with Crippen LogP contribution in [0.4, 0.5) is 0 Å². The van der Waals surface area contributed by atoms with Crippen molar-refractivity contribution in [3.05, 3.63) is 63.6 Å². The number of rotatable bonds is 4. The normalized spacial score (nSPS) is 15.4. The Kier molecular flexibility index (Phi) is 5.04. The van der Waals surface area contributed by atoms with Gasteiger partial charge < -0.3 is 14.4 Å². The number of hydrogen-bond acceptors (Lipinski definition) is 5. The largest absolute Gasteiger partial charge is 0.486 e. The van der Waals surface area contributed by atoms with E-state index in [0.29, 0.717) is 35.6 Å². The number of nitrogens with zero attached hydrogens (tertiary/aromatic N) is 3. The Hall–Kier alpha value is -2.87. The number of aromatic nitrogens is 2. The van der Waals surface area contributed by atoms with Gasteiger partial charge in [0.2, 0.25) is 5.91 Å². The number of carbonyl (C=O) groups is 1. The van der Waals surface area contributed by atoms with E-state index in [2.05, 4.69) is 20.9 Å². The second-order valence-electron chi connectivity index (χ2n) is 6.61. The van der Waals surface area contributed by atoms with Crippen molar-refractivity contribution < 1.29 is 14.3 Å². The van der Waals surface area contributed by atoms with E-state index in [1.54, 1.807) is 24.1 Å². The summed E-state index contributed by atoms with van der Waals surface area (Å²) in [4.78, 5) is 31.1. The molecule has 28 heavy (non-hydrogen) atoms. The first-order chi connectivity index (χ1) is 13.5. The highest BCUT2D eigenvalue weighted by atomic mass is 79.9. The zero-order valence-corrected chi connectivity index (χ0v) is 16.8. The van der Waals surface area contributed by atoms with E-state index >= 15 is 0 Å². The highest BCUT2D eigenvalue weighted by molar-refractivity contribution is 9.10. The number of halogens is 1. The van der Waals surface area contributed by atoms with Crippen LogP contribution in [0.1, 0.15) is 0 Å². The highest BCUT2D eigenvalue weighted by Crippen LogP contribution is 2.30. The minimum absolute atomic E-state index is 0.0883. The number of ether oxygens (including phenoxy) is 2. The van der Waals surface area contributed by atoms with Gasteiger partial charge in [-0.25, -0.2) is 4.98 Å². The molecule has 0 unspecified atom stereocenters. The lowest BCUT2D eigenvalue weighted by Gasteiger charge is -2.29. The van der Waals surface area contributed by atoms with Gasteiger partial charge in [-0.15, -0.1) is 0 Å². The number of carbonyl (C=O) groups excluding carboxylic acids is 1. The minimum atomic E-state index is -0.272. The summed E-state index contributed by atoms with van der Waals surface area (Å²) in [6.07, 6.45) is 1.13. The van der Waals surface area contributed by atoms with Gasteiger partial charge in [0.25, 0.3) is 5.56 Å². The highest BCUT2D eigenvalue weighted by Gasteiger charge is 2.24. The maximum absolute atomic E-state index is 12.7. The molecule has 4 rings (SSSR count). The van der Waals surface area contributed by atoms with E-state index in [-0.39, 0.29) is 24.1 Å². The van der Waals surface area contributed by atoms with Crippen molar-refractivity contribution in [3.63, 3.8) is 0 Å². The number of fused-ring (bicyclic) bond motifs is 2. The number of para-hydroxylation sites is 2. The number of likely N-dealkylation sites (N-methyl/N-ethyl adjacent to an activating group) is 1. The van der Waals surface area contributed by atoms with Crippen LogP contribution in [0.5, 0.6) is 11.5 Å². The van der Waals surface area contributed by atoms with Crippen LogP contribution in [-0.2, 0) is 11.3 Å². The van der Waals surface area contributed by atoms with E-state index < -0.39 is 0 Å². The van der Waals surface area contributed by atoms with Gasteiger partial charge in [0.1, 0.15) is 13.2 Å². The summed E-state index contributed by atoms with van der Waals surface area (Å²) < 4.78 is 13.7. The molecule has 0 saturated carbocycles. The minimum Gasteiger partial charge on any atom is -0.486 e. The molecule has 144 valence electrons. The van der Waals surface area contributed by atoms with Crippen LogP contribution >= 0.6 is 15.9 Å². The van der Waals surface area contributed by atoms with Crippen LogP contribution in [0.15, 0.2) is 58.1 Å². The fourth-order valence-corrected chi connectivity index (χ4v) is 3.43. The van der Waals surface area contributed by atoms with Gasteiger partial charge in [-0.2, -0.15) is 0 Å². The monoisotopic (exact) mass is 443 g/mol. The Balaban J connectivity index is 1.44. The first-order valence-corrected chi connectivity index (χ1v) is 9.58. The smallest absolute Gasteiger partial charge is 0.261 e. The lowest BCUT2D eigenvalue weighted by molar-refractivity contribution is -0.132.